The number of halogens is 2. The normalized spacial score (nSPS) is 29.1. The number of allylic oxidation sites excluding steroid dienone is 2. The van der Waals surface area contributed by atoms with Gasteiger partial charge in [-0.25, -0.2) is 5.01 Å². The third-order valence-corrected chi connectivity index (χ3v) is 8.71. The van der Waals surface area contributed by atoms with E-state index in [1.54, 1.807) is 24.3 Å². The molecule has 0 radical (unpaired) electrons. The first-order valence-corrected chi connectivity index (χ1v) is 12.6. The molecule has 9 heteroatoms. The molecule has 0 N–H and O–H groups in total. The van der Waals surface area contributed by atoms with E-state index in [4.69, 9.17) is 27.9 Å². The Hall–Kier alpha value is -3.16. The van der Waals surface area contributed by atoms with Crippen molar-refractivity contribution in [2.75, 3.05) is 13.7 Å². The minimum Gasteiger partial charge on any atom is -0.497 e. The van der Waals surface area contributed by atoms with Gasteiger partial charge >= 0.3 is 0 Å². The summed E-state index contributed by atoms with van der Waals surface area (Å²) in [4.78, 5) is 54.5. The van der Waals surface area contributed by atoms with Crippen molar-refractivity contribution in [1.82, 2.24) is 10.0 Å². The van der Waals surface area contributed by atoms with Gasteiger partial charge in [0.15, 0.2) is 5.78 Å². The monoisotopic (exact) mass is 524 g/mol. The summed E-state index contributed by atoms with van der Waals surface area (Å²) in [5, 5.41) is 2.29. The molecule has 5 aliphatic rings. The summed E-state index contributed by atoms with van der Waals surface area (Å²) in [6.07, 6.45) is 5.14. The molecule has 184 valence electrons. The Morgan fingerprint density at radius 2 is 1.61 bits per heavy atom. The third kappa shape index (κ3) is 3.48. The van der Waals surface area contributed by atoms with Crippen molar-refractivity contribution in [3.63, 3.8) is 0 Å². The highest BCUT2D eigenvalue weighted by atomic mass is 35.5. The van der Waals surface area contributed by atoms with Crippen molar-refractivity contribution in [2.24, 2.45) is 35.5 Å². The van der Waals surface area contributed by atoms with E-state index in [2.05, 4.69) is 12.2 Å². The second-order valence-electron chi connectivity index (χ2n) is 9.79. The first-order chi connectivity index (χ1) is 17.3. The molecule has 1 saturated heterocycles. The molecule has 3 fully saturated rings. The molecule has 4 aliphatic carbocycles. The Labute approximate surface area is 217 Å². The van der Waals surface area contributed by atoms with Gasteiger partial charge in [-0.15, -0.1) is 0 Å². The number of amides is 3. The zero-order valence-corrected chi connectivity index (χ0v) is 20.8. The summed E-state index contributed by atoms with van der Waals surface area (Å²) in [7, 11) is 1.49. The van der Waals surface area contributed by atoms with Crippen LogP contribution in [0.2, 0.25) is 10.0 Å². The van der Waals surface area contributed by atoms with E-state index in [0.29, 0.717) is 23.1 Å². The van der Waals surface area contributed by atoms with E-state index in [1.165, 1.54) is 25.3 Å². The van der Waals surface area contributed by atoms with Crippen LogP contribution in [0.5, 0.6) is 5.75 Å². The molecule has 36 heavy (non-hydrogen) atoms. The predicted octanol–water partition coefficient (Wildman–Crippen LogP) is 4.30. The zero-order valence-electron chi connectivity index (χ0n) is 19.3. The van der Waals surface area contributed by atoms with Gasteiger partial charge in [-0.05, 0) is 60.4 Å². The molecular formula is C27H22Cl2N2O5. The van der Waals surface area contributed by atoms with Crippen molar-refractivity contribution >= 4 is 46.7 Å². The number of imide groups is 1. The minimum atomic E-state index is -0.685. The molecule has 1 heterocycles. The number of ether oxygens (including phenoxy) is 1. The summed E-state index contributed by atoms with van der Waals surface area (Å²) in [5.41, 5.74) is 0.406. The summed E-state index contributed by atoms with van der Waals surface area (Å²) in [6, 6.07) is 10.8. The Kier molecular flexibility index (Phi) is 5.46. The number of carbonyl (C=O) groups excluding carboxylic acids is 4. The van der Waals surface area contributed by atoms with Gasteiger partial charge < -0.3 is 4.74 Å². The number of carbonyl (C=O) groups is 4. The lowest BCUT2D eigenvalue weighted by Crippen LogP contribution is -2.52. The lowest BCUT2D eigenvalue weighted by molar-refractivity contribution is -0.154. The molecule has 0 unspecified atom stereocenters. The lowest BCUT2D eigenvalue weighted by atomic mass is 9.63. The summed E-state index contributed by atoms with van der Waals surface area (Å²) in [6.45, 7) is -0.501. The summed E-state index contributed by atoms with van der Waals surface area (Å²) < 4.78 is 5.21. The Morgan fingerprint density at radius 1 is 0.944 bits per heavy atom. The quantitative estimate of drug-likeness (QED) is 0.319. The Bertz CT molecular complexity index is 1320. The van der Waals surface area contributed by atoms with Crippen molar-refractivity contribution in [3.05, 3.63) is 75.8 Å². The molecule has 3 amide bonds. The second-order valence-corrected chi connectivity index (χ2v) is 10.6. The van der Waals surface area contributed by atoms with Gasteiger partial charge in [0.05, 0.1) is 29.0 Å². The SMILES string of the molecule is COc1cccc(C(=O)CN(C(=O)c2ccc(Cl)c(Cl)c2)N2C(=O)[C@H]3[C@@H]4C=C[C@H]([C@@H]5C[C@H]45)[C@@H]3C2=O)c1. The molecule has 2 aromatic carbocycles. The van der Waals surface area contributed by atoms with Gasteiger partial charge in [-0.1, -0.05) is 47.5 Å². The van der Waals surface area contributed by atoms with Crippen LogP contribution in [0.4, 0.5) is 0 Å². The zero-order chi connectivity index (χ0) is 25.3. The molecule has 6 atom stereocenters. The van der Waals surface area contributed by atoms with E-state index in [0.717, 1.165) is 16.4 Å². The van der Waals surface area contributed by atoms with E-state index in [-0.39, 0.29) is 27.4 Å². The number of hydrogen-bond acceptors (Lipinski definition) is 5. The first kappa shape index (κ1) is 23.3. The van der Waals surface area contributed by atoms with Crippen molar-refractivity contribution < 1.29 is 23.9 Å². The number of hydrogen-bond donors (Lipinski definition) is 0. The fraction of sp³-hybridized carbons (Fsp3) is 0.333. The van der Waals surface area contributed by atoms with Crippen LogP contribution in [0.3, 0.4) is 0 Å². The first-order valence-electron chi connectivity index (χ1n) is 11.8. The van der Waals surface area contributed by atoms with Crippen LogP contribution in [0, 0.1) is 35.5 Å². The molecule has 7 rings (SSSR count). The van der Waals surface area contributed by atoms with Crippen molar-refractivity contribution in [3.8, 4) is 5.75 Å². The van der Waals surface area contributed by atoms with Crippen LogP contribution in [0.25, 0.3) is 0 Å². The maximum atomic E-state index is 13.7. The van der Waals surface area contributed by atoms with Crippen LogP contribution < -0.4 is 4.74 Å². The molecule has 0 aromatic heterocycles. The highest BCUT2D eigenvalue weighted by Crippen LogP contribution is 2.65. The standard InChI is InChI=1S/C27H22Cl2N2O5/c1-36-15-4-2-3-13(9-15)22(32)12-30(25(33)14-5-8-20(28)21(29)10-14)31-26(34)23-16-6-7-17(19-11-18(16)19)24(23)27(31)35/h2-10,16-19,23-24H,11-12H2,1H3/t16-,17-,18-,19+,23+,24+/m1/s1. The van der Waals surface area contributed by atoms with Gasteiger partial charge in [0.1, 0.15) is 12.3 Å². The molecular weight excluding hydrogens is 503 g/mol. The van der Waals surface area contributed by atoms with E-state index in [1.807, 2.05) is 0 Å². The van der Waals surface area contributed by atoms with Crippen LogP contribution in [0.1, 0.15) is 27.1 Å². The molecule has 0 spiro atoms. The number of rotatable bonds is 6. The van der Waals surface area contributed by atoms with Crippen LogP contribution >= 0.6 is 23.2 Å². The maximum absolute atomic E-state index is 13.7. The van der Waals surface area contributed by atoms with E-state index >= 15 is 0 Å². The molecule has 1 aliphatic heterocycles. The number of ketones is 1. The average Bonchev–Trinajstić information content (AvgIpc) is 3.67. The predicted molar refractivity (Wildman–Crippen MR) is 131 cm³/mol. The second kappa shape index (κ2) is 8.46. The molecule has 2 aromatic rings. The number of nitrogens with zero attached hydrogens (tertiary/aromatic N) is 2. The highest BCUT2D eigenvalue weighted by molar-refractivity contribution is 6.42. The van der Waals surface area contributed by atoms with Crippen molar-refractivity contribution in [2.45, 2.75) is 6.42 Å². The smallest absolute Gasteiger partial charge is 0.273 e. The number of hydrazine groups is 1. The molecule has 2 saturated carbocycles. The van der Waals surface area contributed by atoms with Crippen molar-refractivity contribution in [1.29, 1.82) is 0 Å². The fourth-order valence-corrected chi connectivity index (χ4v) is 6.51. The van der Waals surface area contributed by atoms with Gasteiger partial charge in [0.25, 0.3) is 17.7 Å². The topological polar surface area (TPSA) is 84.0 Å². The maximum Gasteiger partial charge on any atom is 0.273 e. The van der Waals surface area contributed by atoms with Gasteiger partial charge in [0, 0.05) is 11.1 Å². The summed E-state index contributed by atoms with van der Waals surface area (Å²) in [5.74, 6) is -1.72. The molecule has 7 nitrogen and oxygen atoms in total. The Balaban J connectivity index is 1.37. The van der Waals surface area contributed by atoms with Gasteiger partial charge in [0.2, 0.25) is 0 Å². The fourth-order valence-electron chi connectivity index (χ4n) is 6.21. The van der Waals surface area contributed by atoms with E-state index < -0.39 is 41.9 Å². The number of methoxy groups -OCH3 is 1. The molecule has 2 bridgehead atoms. The third-order valence-electron chi connectivity index (χ3n) is 7.97. The number of benzene rings is 2. The van der Waals surface area contributed by atoms with Crippen LogP contribution in [0.15, 0.2) is 54.6 Å². The van der Waals surface area contributed by atoms with E-state index in [9.17, 15) is 19.2 Å². The Morgan fingerprint density at radius 3 is 2.22 bits per heavy atom. The van der Waals surface area contributed by atoms with Gasteiger partial charge in [-0.3, -0.25) is 19.2 Å². The lowest BCUT2D eigenvalue weighted by Gasteiger charge is -2.37. The average molecular weight is 525 g/mol. The van der Waals surface area contributed by atoms with Crippen LogP contribution in [-0.4, -0.2) is 47.2 Å². The largest absolute Gasteiger partial charge is 0.497 e. The van der Waals surface area contributed by atoms with Gasteiger partial charge in [-0.2, -0.15) is 5.01 Å². The van der Waals surface area contributed by atoms with Crippen LogP contribution in [-0.2, 0) is 9.59 Å². The highest BCUT2D eigenvalue weighted by Gasteiger charge is 2.68. The number of Topliss-reactive ketones (excluding diaryl/α,β-unsaturated/α-hetero) is 1. The minimum absolute atomic E-state index is 0.0116. The summed E-state index contributed by atoms with van der Waals surface area (Å²) >= 11 is 12.2.